The molecule has 0 radical (unpaired) electrons. The third kappa shape index (κ3) is 4.51. The van der Waals surface area contributed by atoms with Crippen LogP contribution in [0, 0.1) is 10.1 Å². The monoisotopic (exact) mass is 417 g/mol. The second-order valence-electron chi connectivity index (χ2n) is 6.43. The number of nitrogens with one attached hydrogen (secondary N) is 2. The first-order valence-corrected chi connectivity index (χ1v) is 9.10. The van der Waals surface area contributed by atoms with Crippen molar-refractivity contribution in [2.45, 2.75) is 0 Å². The van der Waals surface area contributed by atoms with Gasteiger partial charge in [-0.05, 0) is 48.5 Å². The van der Waals surface area contributed by atoms with Crippen molar-refractivity contribution in [3.8, 4) is 11.3 Å². The molecule has 2 aromatic carbocycles. The molecule has 154 valence electrons. The number of hydrogen-bond donors (Lipinski definition) is 2. The summed E-state index contributed by atoms with van der Waals surface area (Å²) in [5, 5.41) is 16.3. The van der Waals surface area contributed by atoms with Crippen molar-refractivity contribution in [3.05, 3.63) is 101 Å². The molecule has 9 heteroatoms. The predicted molar refractivity (Wildman–Crippen MR) is 112 cm³/mol. The lowest BCUT2D eigenvalue weighted by Gasteiger charge is -2.06. The normalized spacial score (nSPS) is 10.5. The highest BCUT2D eigenvalue weighted by Crippen LogP contribution is 2.26. The van der Waals surface area contributed by atoms with Gasteiger partial charge in [-0.15, -0.1) is 0 Å². The SMILES string of the molecule is O=C(Nc1ccc(NC(=O)c2ccc(-c3cccc([N+](=O)[O-])c3)o2)cc1)c1ccco1. The van der Waals surface area contributed by atoms with Gasteiger partial charge in [0.1, 0.15) is 5.76 Å². The highest BCUT2D eigenvalue weighted by Gasteiger charge is 2.15. The molecule has 2 N–H and O–H groups in total. The van der Waals surface area contributed by atoms with Crippen LogP contribution in [-0.2, 0) is 0 Å². The molecule has 0 aliphatic rings. The standard InChI is InChI=1S/C22H15N3O6/c26-21(19-5-2-12-30-19)23-15-6-8-16(9-7-15)24-22(27)20-11-10-18(31-20)14-3-1-4-17(13-14)25(28)29/h1-13H,(H,23,26)(H,24,27). The van der Waals surface area contributed by atoms with E-state index >= 15 is 0 Å². The zero-order valence-corrected chi connectivity index (χ0v) is 15.9. The number of non-ortho nitro benzene ring substituents is 1. The van der Waals surface area contributed by atoms with E-state index in [0.29, 0.717) is 22.7 Å². The zero-order valence-electron chi connectivity index (χ0n) is 15.9. The average molecular weight is 417 g/mol. The Morgan fingerprint density at radius 2 is 1.48 bits per heavy atom. The van der Waals surface area contributed by atoms with E-state index in [9.17, 15) is 19.7 Å². The predicted octanol–water partition coefficient (Wildman–Crippen LogP) is 4.95. The maximum atomic E-state index is 12.5. The first-order chi connectivity index (χ1) is 15.0. The van der Waals surface area contributed by atoms with E-state index in [1.807, 2.05) is 0 Å². The van der Waals surface area contributed by atoms with Gasteiger partial charge in [0, 0.05) is 29.1 Å². The summed E-state index contributed by atoms with van der Waals surface area (Å²) in [7, 11) is 0. The number of amides is 2. The maximum absolute atomic E-state index is 12.5. The van der Waals surface area contributed by atoms with Gasteiger partial charge in [-0.2, -0.15) is 0 Å². The number of hydrogen-bond acceptors (Lipinski definition) is 6. The number of furan rings is 2. The summed E-state index contributed by atoms with van der Waals surface area (Å²) in [5.74, 6) is -0.286. The molecule has 0 spiro atoms. The van der Waals surface area contributed by atoms with Gasteiger partial charge in [-0.25, -0.2) is 0 Å². The Labute approximate surface area is 175 Å². The average Bonchev–Trinajstić information content (AvgIpc) is 3.48. The molecule has 0 bridgehead atoms. The van der Waals surface area contributed by atoms with Crippen LogP contribution in [0.15, 0.2) is 87.9 Å². The van der Waals surface area contributed by atoms with Crippen LogP contribution in [0.2, 0.25) is 0 Å². The summed E-state index contributed by atoms with van der Waals surface area (Å²) in [6, 6.07) is 18.7. The summed E-state index contributed by atoms with van der Waals surface area (Å²) >= 11 is 0. The zero-order chi connectivity index (χ0) is 21.8. The van der Waals surface area contributed by atoms with Crippen molar-refractivity contribution >= 4 is 28.9 Å². The largest absolute Gasteiger partial charge is 0.459 e. The molecule has 2 heterocycles. The van der Waals surface area contributed by atoms with Gasteiger partial charge in [-0.1, -0.05) is 12.1 Å². The van der Waals surface area contributed by atoms with Crippen LogP contribution in [0.3, 0.4) is 0 Å². The van der Waals surface area contributed by atoms with E-state index in [-0.39, 0.29) is 23.1 Å². The summed E-state index contributed by atoms with van der Waals surface area (Å²) in [5.41, 5.74) is 1.45. The minimum atomic E-state index is -0.499. The number of rotatable bonds is 6. The summed E-state index contributed by atoms with van der Waals surface area (Å²) in [4.78, 5) is 34.9. The lowest BCUT2D eigenvalue weighted by molar-refractivity contribution is -0.384. The van der Waals surface area contributed by atoms with Crippen LogP contribution in [0.1, 0.15) is 21.1 Å². The fourth-order valence-electron chi connectivity index (χ4n) is 2.82. The molecule has 0 atom stereocenters. The van der Waals surface area contributed by atoms with E-state index in [4.69, 9.17) is 8.83 Å². The molecule has 4 aromatic rings. The van der Waals surface area contributed by atoms with Gasteiger partial charge < -0.3 is 19.5 Å². The molecule has 0 saturated carbocycles. The molecule has 0 unspecified atom stereocenters. The number of carbonyl (C=O) groups excluding carboxylic acids is 2. The Morgan fingerprint density at radius 3 is 2.10 bits per heavy atom. The Hall–Kier alpha value is -4.66. The van der Waals surface area contributed by atoms with Gasteiger partial charge in [0.05, 0.1) is 11.2 Å². The Morgan fingerprint density at radius 1 is 0.806 bits per heavy atom. The lowest BCUT2D eigenvalue weighted by atomic mass is 10.1. The third-order valence-electron chi connectivity index (χ3n) is 4.32. The first kappa shape index (κ1) is 19.6. The second-order valence-corrected chi connectivity index (χ2v) is 6.43. The molecule has 0 fully saturated rings. The van der Waals surface area contributed by atoms with E-state index in [2.05, 4.69) is 10.6 Å². The van der Waals surface area contributed by atoms with Crippen molar-refractivity contribution in [2.75, 3.05) is 10.6 Å². The fraction of sp³-hybridized carbons (Fsp3) is 0. The van der Waals surface area contributed by atoms with Crippen LogP contribution in [0.4, 0.5) is 17.1 Å². The van der Waals surface area contributed by atoms with Crippen molar-refractivity contribution in [1.29, 1.82) is 0 Å². The highest BCUT2D eigenvalue weighted by molar-refractivity contribution is 6.04. The van der Waals surface area contributed by atoms with Crippen molar-refractivity contribution in [3.63, 3.8) is 0 Å². The lowest BCUT2D eigenvalue weighted by Crippen LogP contribution is -2.12. The first-order valence-electron chi connectivity index (χ1n) is 9.10. The fourth-order valence-corrected chi connectivity index (χ4v) is 2.82. The van der Waals surface area contributed by atoms with Gasteiger partial charge in [-0.3, -0.25) is 19.7 Å². The molecule has 9 nitrogen and oxygen atoms in total. The smallest absolute Gasteiger partial charge is 0.291 e. The van der Waals surface area contributed by atoms with Crippen LogP contribution in [0.25, 0.3) is 11.3 Å². The topological polar surface area (TPSA) is 128 Å². The van der Waals surface area contributed by atoms with Crippen molar-refractivity contribution in [1.82, 2.24) is 0 Å². The summed E-state index contributed by atoms with van der Waals surface area (Å²) in [6.07, 6.45) is 1.41. The molecule has 0 saturated heterocycles. The number of anilines is 2. The number of carbonyl (C=O) groups is 2. The Bertz CT molecular complexity index is 1240. The molecule has 31 heavy (non-hydrogen) atoms. The van der Waals surface area contributed by atoms with Crippen LogP contribution in [0.5, 0.6) is 0 Å². The van der Waals surface area contributed by atoms with Gasteiger partial charge in [0.2, 0.25) is 0 Å². The second kappa shape index (κ2) is 8.37. The van der Waals surface area contributed by atoms with Gasteiger partial charge in [0.25, 0.3) is 17.5 Å². The quantitative estimate of drug-likeness (QED) is 0.337. The maximum Gasteiger partial charge on any atom is 0.291 e. The van der Waals surface area contributed by atoms with Crippen molar-refractivity contribution in [2.24, 2.45) is 0 Å². The minimum Gasteiger partial charge on any atom is -0.459 e. The van der Waals surface area contributed by atoms with E-state index in [1.54, 1.807) is 54.6 Å². The number of nitrogens with zero attached hydrogens (tertiary/aromatic N) is 1. The van der Waals surface area contributed by atoms with Gasteiger partial charge >= 0.3 is 0 Å². The molecule has 2 aromatic heterocycles. The molecule has 0 aliphatic heterocycles. The van der Waals surface area contributed by atoms with Crippen LogP contribution in [-0.4, -0.2) is 16.7 Å². The molecule has 2 amide bonds. The minimum absolute atomic E-state index is 0.0525. The van der Waals surface area contributed by atoms with E-state index in [0.717, 1.165) is 0 Å². The highest BCUT2D eigenvalue weighted by atomic mass is 16.6. The Balaban J connectivity index is 1.41. The number of nitro groups is 1. The molecular formula is C22H15N3O6. The van der Waals surface area contributed by atoms with Crippen LogP contribution >= 0.6 is 0 Å². The van der Waals surface area contributed by atoms with E-state index in [1.165, 1.54) is 24.5 Å². The Kier molecular flexibility index (Phi) is 5.31. The number of nitro benzene ring substituents is 1. The van der Waals surface area contributed by atoms with E-state index < -0.39 is 10.8 Å². The molecule has 0 aliphatic carbocycles. The third-order valence-corrected chi connectivity index (χ3v) is 4.32. The number of benzene rings is 2. The summed E-state index contributed by atoms with van der Waals surface area (Å²) < 4.78 is 10.6. The molecular weight excluding hydrogens is 402 g/mol. The van der Waals surface area contributed by atoms with Crippen molar-refractivity contribution < 1.29 is 23.3 Å². The van der Waals surface area contributed by atoms with Crippen LogP contribution < -0.4 is 10.6 Å². The van der Waals surface area contributed by atoms with Gasteiger partial charge in [0.15, 0.2) is 11.5 Å². The molecule has 4 rings (SSSR count). The summed E-state index contributed by atoms with van der Waals surface area (Å²) in [6.45, 7) is 0.